The van der Waals surface area contributed by atoms with E-state index in [4.69, 9.17) is 21.7 Å². The fourth-order valence-electron chi connectivity index (χ4n) is 3.92. The number of ether oxygens (including phenoxy) is 2. The molecule has 0 spiro atoms. The number of hydrogen-bond acceptors (Lipinski definition) is 5. The molecule has 0 bridgehead atoms. The van der Waals surface area contributed by atoms with Gasteiger partial charge in [0.1, 0.15) is 22.9 Å². The van der Waals surface area contributed by atoms with E-state index in [2.05, 4.69) is 5.32 Å². The van der Waals surface area contributed by atoms with E-state index in [0.717, 1.165) is 17.1 Å². The third-order valence-electron chi connectivity index (χ3n) is 5.58. The predicted molar refractivity (Wildman–Crippen MR) is 131 cm³/mol. The molecule has 2 heterocycles. The molecular weight excluding hydrogens is 457 g/mol. The summed E-state index contributed by atoms with van der Waals surface area (Å²) in [7, 11) is 2.99. The Kier molecular flexibility index (Phi) is 6.21. The topological polar surface area (TPSA) is 72.8 Å². The maximum atomic E-state index is 13.5. The monoisotopic (exact) mass is 479 g/mol. The van der Waals surface area contributed by atoms with Crippen molar-refractivity contribution in [3.8, 4) is 17.2 Å². The quantitative estimate of drug-likeness (QED) is 0.339. The first kappa shape index (κ1) is 23.2. The summed E-state index contributed by atoms with van der Waals surface area (Å²) in [4.78, 5) is 27.4. The van der Waals surface area contributed by atoms with Crippen LogP contribution in [0.15, 0.2) is 54.1 Å². The SMILES string of the molecule is COc1ccc(N2C(=O)C(=Cc3cc(C)n(-c4ccc(F)cc4)c3C)C(=O)NC2=S)c(OC)c1. The Morgan fingerprint density at radius 1 is 1.00 bits per heavy atom. The van der Waals surface area contributed by atoms with Crippen molar-refractivity contribution in [1.29, 1.82) is 0 Å². The maximum absolute atomic E-state index is 13.5. The second-order valence-corrected chi connectivity index (χ2v) is 8.02. The Hall–Kier alpha value is -3.98. The molecule has 1 fully saturated rings. The highest BCUT2D eigenvalue weighted by atomic mass is 32.1. The highest BCUT2D eigenvalue weighted by Crippen LogP contribution is 2.34. The summed E-state index contributed by atoms with van der Waals surface area (Å²) in [6.07, 6.45) is 1.53. The molecule has 9 heteroatoms. The highest BCUT2D eigenvalue weighted by Gasteiger charge is 2.36. The van der Waals surface area contributed by atoms with Gasteiger partial charge in [0.2, 0.25) is 0 Å². The Morgan fingerprint density at radius 3 is 2.35 bits per heavy atom. The zero-order chi connectivity index (χ0) is 24.6. The molecule has 1 aliphatic rings. The van der Waals surface area contributed by atoms with Gasteiger partial charge in [0, 0.05) is 23.1 Å². The van der Waals surface area contributed by atoms with Gasteiger partial charge in [-0.2, -0.15) is 0 Å². The second-order valence-electron chi connectivity index (χ2n) is 7.63. The molecule has 0 atom stereocenters. The van der Waals surface area contributed by atoms with Gasteiger partial charge in [-0.15, -0.1) is 0 Å². The van der Waals surface area contributed by atoms with Crippen LogP contribution in [0.2, 0.25) is 0 Å². The number of carbonyl (C=O) groups excluding carboxylic acids is 2. The summed E-state index contributed by atoms with van der Waals surface area (Å²) in [6.45, 7) is 3.76. The standard InChI is InChI=1S/C25H22FN3O4S/c1-14-11-16(15(2)28(14)18-7-5-17(26)6-8-18)12-20-23(30)27-25(34)29(24(20)31)21-10-9-19(32-3)13-22(21)33-4/h5-13H,1-4H3,(H,27,30,34). The van der Waals surface area contributed by atoms with Crippen LogP contribution >= 0.6 is 12.2 Å². The zero-order valence-electron chi connectivity index (χ0n) is 19.0. The van der Waals surface area contributed by atoms with E-state index < -0.39 is 11.8 Å². The molecular formula is C25H22FN3O4S. The molecule has 1 saturated heterocycles. The summed E-state index contributed by atoms with van der Waals surface area (Å²) >= 11 is 5.30. The molecule has 3 aromatic rings. The minimum absolute atomic E-state index is 0.0487. The van der Waals surface area contributed by atoms with E-state index in [1.54, 1.807) is 30.3 Å². The zero-order valence-corrected chi connectivity index (χ0v) is 19.8. The number of amides is 2. The lowest BCUT2D eigenvalue weighted by Gasteiger charge is -2.30. The summed E-state index contributed by atoms with van der Waals surface area (Å²) < 4.78 is 25.9. The fraction of sp³-hybridized carbons (Fsp3) is 0.160. The van der Waals surface area contributed by atoms with Crippen LogP contribution in [0.25, 0.3) is 11.8 Å². The van der Waals surface area contributed by atoms with Gasteiger partial charge in [0.25, 0.3) is 11.8 Å². The van der Waals surface area contributed by atoms with Gasteiger partial charge in [-0.05, 0) is 80.2 Å². The highest BCUT2D eigenvalue weighted by molar-refractivity contribution is 7.80. The van der Waals surface area contributed by atoms with Crippen LogP contribution in [0.1, 0.15) is 17.0 Å². The third-order valence-corrected chi connectivity index (χ3v) is 5.87. The van der Waals surface area contributed by atoms with Crippen molar-refractivity contribution in [3.63, 3.8) is 0 Å². The number of halogens is 1. The minimum atomic E-state index is -0.592. The van der Waals surface area contributed by atoms with Crippen molar-refractivity contribution in [2.45, 2.75) is 13.8 Å². The first-order chi connectivity index (χ1) is 16.2. The normalized spacial score (nSPS) is 15.0. The van der Waals surface area contributed by atoms with E-state index in [1.807, 2.05) is 24.5 Å². The van der Waals surface area contributed by atoms with Crippen LogP contribution < -0.4 is 19.7 Å². The lowest BCUT2D eigenvalue weighted by Crippen LogP contribution is -2.54. The summed E-state index contributed by atoms with van der Waals surface area (Å²) in [5.74, 6) is -0.596. The number of nitrogens with zero attached hydrogens (tertiary/aromatic N) is 2. The van der Waals surface area contributed by atoms with Gasteiger partial charge in [0.05, 0.1) is 19.9 Å². The molecule has 1 aliphatic heterocycles. The van der Waals surface area contributed by atoms with Crippen molar-refractivity contribution >= 4 is 40.9 Å². The predicted octanol–water partition coefficient (Wildman–Crippen LogP) is 4.08. The van der Waals surface area contributed by atoms with Gasteiger partial charge < -0.3 is 14.0 Å². The average molecular weight is 480 g/mol. The molecule has 0 radical (unpaired) electrons. The lowest BCUT2D eigenvalue weighted by molar-refractivity contribution is -0.122. The van der Waals surface area contributed by atoms with Crippen molar-refractivity contribution in [1.82, 2.24) is 9.88 Å². The average Bonchev–Trinajstić information content (AvgIpc) is 3.10. The molecule has 7 nitrogen and oxygen atoms in total. The molecule has 0 aliphatic carbocycles. The number of aryl methyl sites for hydroxylation is 1. The number of methoxy groups -OCH3 is 2. The van der Waals surface area contributed by atoms with Gasteiger partial charge in [-0.25, -0.2) is 9.29 Å². The summed E-state index contributed by atoms with van der Waals surface area (Å²) in [5.41, 5.74) is 3.40. The first-order valence-electron chi connectivity index (χ1n) is 10.3. The van der Waals surface area contributed by atoms with E-state index in [0.29, 0.717) is 22.7 Å². The lowest BCUT2D eigenvalue weighted by atomic mass is 10.1. The largest absolute Gasteiger partial charge is 0.497 e. The van der Waals surface area contributed by atoms with Crippen LogP contribution in [0.5, 0.6) is 11.5 Å². The number of aromatic nitrogens is 1. The van der Waals surface area contributed by atoms with Crippen LogP contribution in [-0.2, 0) is 9.59 Å². The Bertz CT molecular complexity index is 1340. The fourth-order valence-corrected chi connectivity index (χ4v) is 4.20. The van der Waals surface area contributed by atoms with E-state index in [-0.39, 0.29) is 16.5 Å². The number of carbonyl (C=O) groups is 2. The number of anilines is 1. The Labute approximate surface area is 201 Å². The number of nitrogens with one attached hydrogen (secondary N) is 1. The third kappa shape index (κ3) is 4.06. The Morgan fingerprint density at radius 2 is 1.71 bits per heavy atom. The van der Waals surface area contributed by atoms with Crippen molar-refractivity contribution < 1.29 is 23.5 Å². The number of thiocarbonyl (C=S) groups is 1. The minimum Gasteiger partial charge on any atom is -0.497 e. The van der Waals surface area contributed by atoms with Gasteiger partial charge in [-0.3, -0.25) is 14.9 Å². The smallest absolute Gasteiger partial charge is 0.270 e. The number of hydrogen-bond donors (Lipinski definition) is 1. The van der Waals surface area contributed by atoms with Gasteiger partial charge >= 0.3 is 0 Å². The summed E-state index contributed by atoms with van der Waals surface area (Å²) in [5, 5.41) is 2.53. The molecule has 1 N–H and O–H groups in total. The van der Waals surface area contributed by atoms with Crippen LogP contribution in [0.3, 0.4) is 0 Å². The summed E-state index contributed by atoms with van der Waals surface area (Å²) in [6, 6.07) is 12.9. The number of benzene rings is 2. The van der Waals surface area contributed by atoms with Crippen LogP contribution in [-0.4, -0.2) is 35.7 Å². The van der Waals surface area contributed by atoms with Crippen LogP contribution in [0, 0.1) is 19.7 Å². The Balaban J connectivity index is 1.77. The molecule has 1 aromatic heterocycles. The van der Waals surface area contributed by atoms with Crippen LogP contribution in [0.4, 0.5) is 10.1 Å². The molecule has 34 heavy (non-hydrogen) atoms. The molecule has 174 valence electrons. The molecule has 0 unspecified atom stereocenters. The molecule has 0 saturated carbocycles. The molecule has 4 rings (SSSR count). The maximum Gasteiger partial charge on any atom is 0.270 e. The van der Waals surface area contributed by atoms with E-state index in [1.165, 1.54) is 37.3 Å². The second kappa shape index (κ2) is 9.11. The van der Waals surface area contributed by atoms with E-state index >= 15 is 0 Å². The van der Waals surface area contributed by atoms with E-state index in [9.17, 15) is 14.0 Å². The van der Waals surface area contributed by atoms with Crippen molar-refractivity contribution in [3.05, 3.63) is 76.9 Å². The number of rotatable bonds is 5. The van der Waals surface area contributed by atoms with Gasteiger partial charge in [-0.1, -0.05) is 0 Å². The first-order valence-corrected chi connectivity index (χ1v) is 10.7. The van der Waals surface area contributed by atoms with Crippen molar-refractivity contribution in [2.75, 3.05) is 19.1 Å². The molecule has 2 aromatic carbocycles. The molecule has 2 amide bonds. The van der Waals surface area contributed by atoms with Crippen molar-refractivity contribution in [2.24, 2.45) is 0 Å². The van der Waals surface area contributed by atoms with Gasteiger partial charge in [0.15, 0.2) is 5.11 Å².